The molecule has 0 aromatic heterocycles. The molecule has 3 rings (SSSR count). The number of nitrogens with zero attached hydrogens (tertiary/aromatic N) is 1. The van der Waals surface area contributed by atoms with E-state index in [1.54, 1.807) is 0 Å². The van der Waals surface area contributed by atoms with Crippen LogP contribution < -0.4 is 11.1 Å². The van der Waals surface area contributed by atoms with E-state index in [-0.39, 0.29) is 0 Å². The highest BCUT2D eigenvalue weighted by molar-refractivity contribution is 5.57. The number of likely N-dealkylation sites (tertiary alicyclic amines) is 1. The molecule has 1 saturated heterocycles. The van der Waals surface area contributed by atoms with Gasteiger partial charge in [-0.1, -0.05) is 37.3 Å². The second-order valence-corrected chi connectivity index (χ2v) is 6.81. The predicted molar refractivity (Wildman–Crippen MR) is 98.5 cm³/mol. The zero-order chi connectivity index (χ0) is 16.2. The summed E-state index contributed by atoms with van der Waals surface area (Å²) in [6, 6.07) is 17.5. The van der Waals surface area contributed by atoms with Gasteiger partial charge in [0.1, 0.15) is 0 Å². The van der Waals surface area contributed by atoms with Gasteiger partial charge < -0.3 is 11.1 Å². The molecule has 2 atom stereocenters. The van der Waals surface area contributed by atoms with Gasteiger partial charge in [-0.2, -0.15) is 0 Å². The maximum absolute atomic E-state index is 5.91. The number of anilines is 2. The normalized spacial score (nSPS) is 22.0. The highest BCUT2D eigenvalue weighted by Gasteiger charge is 2.25. The first-order valence-electron chi connectivity index (χ1n) is 8.51. The average molecular weight is 309 g/mol. The Morgan fingerprint density at radius 2 is 1.96 bits per heavy atom. The van der Waals surface area contributed by atoms with Crippen LogP contribution in [-0.2, 0) is 6.54 Å². The van der Waals surface area contributed by atoms with Gasteiger partial charge in [-0.3, -0.25) is 4.90 Å². The lowest BCUT2D eigenvalue weighted by Crippen LogP contribution is -2.44. The molecule has 1 fully saturated rings. The Kier molecular flexibility index (Phi) is 4.87. The van der Waals surface area contributed by atoms with Crippen molar-refractivity contribution in [3.05, 3.63) is 59.7 Å². The van der Waals surface area contributed by atoms with Crippen LogP contribution in [0.15, 0.2) is 48.5 Å². The first kappa shape index (κ1) is 15.9. The Labute approximate surface area is 139 Å². The monoisotopic (exact) mass is 309 g/mol. The molecule has 2 aromatic rings. The molecule has 0 amide bonds. The number of hydrogen-bond donors (Lipinski definition) is 2. The number of nitrogen functional groups attached to an aromatic ring is 1. The number of rotatable bonds is 4. The smallest absolute Gasteiger partial charge is 0.0346 e. The number of nitrogens with one attached hydrogen (secondary N) is 1. The van der Waals surface area contributed by atoms with Crippen molar-refractivity contribution in [3.63, 3.8) is 0 Å². The number of aryl methyl sites for hydroxylation is 1. The Morgan fingerprint density at radius 3 is 2.65 bits per heavy atom. The van der Waals surface area contributed by atoms with Crippen LogP contribution in [0, 0.1) is 12.8 Å². The Balaban J connectivity index is 1.57. The molecule has 1 heterocycles. The van der Waals surface area contributed by atoms with Gasteiger partial charge >= 0.3 is 0 Å². The fourth-order valence-corrected chi connectivity index (χ4v) is 3.41. The number of hydrogen-bond acceptors (Lipinski definition) is 3. The summed E-state index contributed by atoms with van der Waals surface area (Å²) in [5, 5.41) is 3.70. The predicted octanol–water partition coefficient (Wildman–Crippen LogP) is 3.90. The third kappa shape index (κ3) is 4.05. The molecule has 1 aliphatic rings. The van der Waals surface area contributed by atoms with Gasteiger partial charge in [0.25, 0.3) is 0 Å². The van der Waals surface area contributed by atoms with Crippen LogP contribution in [0.4, 0.5) is 11.4 Å². The van der Waals surface area contributed by atoms with E-state index in [0.717, 1.165) is 30.9 Å². The molecule has 0 saturated carbocycles. The summed E-state index contributed by atoms with van der Waals surface area (Å²) in [5.74, 6) is 0.630. The van der Waals surface area contributed by atoms with Gasteiger partial charge in [-0.25, -0.2) is 0 Å². The Morgan fingerprint density at radius 1 is 1.17 bits per heavy atom. The summed E-state index contributed by atoms with van der Waals surface area (Å²) in [7, 11) is 0. The quantitative estimate of drug-likeness (QED) is 0.842. The van der Waals surface area contributed by atoms with Crippen LogP contribution in [0.5, 0.6) is 0 Å². The van der Waals surface area contributed by atoms with E-state index in [4.69, 9.17) is 5.73 Å². The molecule has 2 unspecified atom stereocenters. The van der Waals surface area contributed by atoms with Gasteiger partial charge in [-0.15, -0.1) is 0 Å². The summed E-state index contributed by atoms with van der Waals surface area (Å²) in [6.45, 7) is 7.75. The maximum Gasteiger partial charge on any atom is 0.0346 e. The third-order valence-corrected chi connectivity index (χ3v) is 4.86. The van der Waals surface area contributed by atoms with E-state index in [2.05, 4.69) is 66.5 Å². The summed E-state index contributed by atoms with van der Waals surface area (Å²) in [6.07, 6.45) is 1.18. The molecular weight excluding hydrogens is 282 g/mol. The molecule has 0 spiro atoms. The molecule has 3 N–H and O–H groups in total. The van der Waals surface area contributed by atoms with Gasteiger partial charge in [-0.05, 0) is 48.6 Å². The van der Waals surface area contributed by atoms with E-state index < -0.39 is 0 Å². The lowest BCUT2D eigenvalue weighted by molar-refractivity contribution is 0.164. The molecule has 3 heteroatoms. The van der Waals surface area contributed by atoms with Crippen LogP contribution in [0.2, 0.25) is 0 Å². The fourth-order valence-electron chi connectivity index (χ4n) is 3.41. The van der Waals surface area contributed by atoms with E-state index in [1.165, 1.54) is 17.7 Å². The second-order valence-electron chi connectivity index (χ2n) is 6.81. The summed E-state index contributed by atoms with van der Waals surface area (Å²) in [4.78, 5) is 2.56. The summed E-state index contributed by atoms with van der Waals surface area (Å²) < 4.78 is 0. The molecule has 0 aliphatic carbocycles. The summed E-state index contributed by atoms with van der Waals surface area (Å²) >= 11 is 0. The largest absolute Gasteiger partial charge is 0.399 e. The van der Waals surface area contributed by atoms with Crippen molar-refractivity contribution in [1.82, 2.24) is 4.90 Å². The van der Waals surface area contributed by atoms with Gasteiger partial charge in [0.15, 0.2) is 0 Å². The van der Waals surface area contributed by atoms with Crippen molar-refractivity contribution in [2.24, 2.45) is 5.92 Å². The van der Waals surface area contributed by atoms with Crippen LogP contribution in [0.3, 0.4) is 0 Å². The fraction of sp³-hybridized carbons (Fsp3) is 0.400. The van der Waals surface area contributed by atoms with E-state index >= 15 is 0 Å². The molecule has 1 aliphatic heterocycles. The molecule has 0 radical (unpaired) electrons. The van der Waals surface area contributed by atoms with Gasteiger partial charge in [0, 0.05) is 37.1 Å². The highest BCUT2D eigenvalue weighted by Crippen LogP contribution is 2.24. The minimum absolute atomic E-state index is 0.532. The van der Waals surface area contributed by atoms with Crippen molar-refractivity contribution in [2.45, 2.75) is 32.9 Å². The Hall–Kier alpha value is -2.00. The third-order valence-electron chi connectivity index (χ3n) is 4.86. The van der Waals surface area contributed by atoms with Crippen molar-refractivity contribution < 1.29 is 0 Å². The Bertz CT molecular complexity index is 639. The van der Waals surface area contributed by atoms with E-state index in [0.29, 0.717) is 12.0 Å². The highest BCUT2D eigenvalue weighted by atomic mass is 15.1. The van der Waals surface area contributed by atoms with E-state index in [9.17, 15) is 0 Å². The summed E-state index contributed by atoms with van der Waals surface area (Å²) in [5.41, 5.74) is 10.5. The number of piperidine rings is 1. The molecule has 122 valence electrons. The van der Waals surface area contributed by atoms with Crippen molar-refractivity contribution in [1.29, 1.82) is 0 Å². The van der Waals surface area contributed by atoms with Crippen molar-refractivity contribution in [2.75, 3.05) is 24.1 Å². The average Bonchev–Trinajstić information content (AvgIpc) is 2.54. The topological polar surface area (TPSA) is 41.3 Å². The minimum atomic E-state index is 0.532. The van der Waals surface area contributed by atoms with Crippen LogP contribution in [-0.4, -0.2) is 24.0 Å². The van der Waals surface area contributed by atoms with Crippen molar-refractivity contribution >= 4 is 11.4 Å². The van der Waals surface area contributed by atoms with Crippen LogP contribution in [0.1, 0.15) is 24.5 Å². The first-order valence-corrected chi connectivity index (χ1v) is 8.51. The minimum Gasteiger partial charge on any atom is -0.399 e. The second kappa shape index (κ2) is 7.05. The molecule has 23 heavy (non-hydrogen) atoms. The number of nitrogens with two attached hydrogens (primary N) is 1. The lowest BCUT2D eigenvalue weighted by Gasteiger charge is -2.38. The number of benzene rings is 2. The van der Waals surface area contributed by atoms with Crippen LogP contribution >= 0.6 is 0 Å². The molecule has 2 aromatic carbocycles. The first-order chi connectivity index (χ1) is 11.1. The van der Waals surface area contributed by atoms with Crippen molar-refractivity contribution in [3.8, 4) is 0 Å². The standard InChI is InChI=1S/C20H27N3/c1-15-12-18(8-9-19(15)21)22-20-10-11-23(13-16(20)2)14-17-6-4-3-5-7-17/h3-9,12,16,20,22H,10-11,13-14,21H2,1-2H3. The molecule has 3 nitrogen and oxygen atoms in total. The van der Waals surface area contributed by atoms with Crippen LogP contribution in [0.25, 0.3) is 0 Å². The van der Waals surface area contributed by atoms with Gasteiger partial charge in [0.2, 0.25) is 0 Å². The molecular formula is C20H27N3. The van der Waals surface area contributed by atoms with Gasteiger partial charge in [0.05, 0.1) is 0 Å². The van der Waals surface area contributed by atoms with E-state index in [1.807, 2.05) is 6.07 Å². The lowest BCUT2D eigenvalue weighted by atomic mass is 9.93. The zero-order valence-electron chi connectivity index (χ0n) is 14.1. The molecule has 0 bridgehead atoms. The SMILES string of the molecule is Cc1cc(NC2CCN(Cc3ccccc3)CC2C)ccc1N. The maximum atomic E-state index is 5.91. The zero-order valence-corrected chi connectivity index (χ0v) is 14.1.